The molecule has 0 aliphatic heterocycles. The van der Waals surface area contributed by atoms with Crippen LogP contribution in [-0.4, -0.2) is 29.7 Å². The van der Waals surface area contributed by atoms with Crippen molar-refractivity contribution in [3.05, 3.63) is 40.5 Å². The summed E-state index contributed by atoms with van der Waals surface area (Å²) in [6, 6.07) is 7.63. The third-order valence-corrected chi connectivity index (χ3v) is 5.12. The molecule has 0 unspecified atom stereocenters. The first-order valence-corrected chi connectivity index (χ1v) is 9.16. The van der Waals surface area contributed by atoms with E-state index in [2.05, 4.69) is 29.1 Å². The summed E-state index contributed by atoms with van der Waals surface area (Å²) in [6.45, 7) is 6.23. The second kappa shape index (κ2) is 7.70. The first-order valence-electron chi connectivity index (χ1n) is 8.35. The van der Waals surface area contributed by atoms with Crippen molar-refractivity contribution in [2.45, 2.75) is 27.2 Å². The molecule has 0 saturated carbocycles. The van der Waals surface area contributed by atoms with Gasteiger partial charge in [0.2, 0.25) is 0 Å². The third-order valence-electron chi connectivity index (χ3n) is 4.02. The average Bonchev–Trinajstić information content (AvgIpc) is 2.89. The van der Waals surface area contributed by atoms with E-state index >= 15 is 0 Å². The number of thiophene rings is 1. The number of esters is 1. The number of rotatable bonds is 6. The fourth-order valence-corrected chi connectivity index (χ4v) is 3.69. The monoisotopic (exact) mass is 371 g/mol. The number of hydrogen-bond acceptors (Lipinski definition) is 7. The van der Waals surface area contributed by atoms with Crippen LogP contribution in [0.15, 0.2) is 24.3 Å². The molecule has 0 radical (unpaired) electrons. The highest BCUT2D eigenvalue weighted by Crippen LogP contribution is 2.35. The number of nitrogens with one attached hydrogen (secondary N) is 1. The van der Waals surface area contributed by atoms with Gasteiger partial charge in [-0.25, -0.2) is 9.97 Å². The van der Waals surface area contributed by atoms with Crippen LogP contribution in [0.25, 0.3) is 10.2 Å². The van der Waals surface area contributed by atoms with Gasteiger partial charge in [-0.3, -0.25) is 4.79 Å². The summed E-state index contributed by atoms with van der Waals surface area (Å²) >= 11 is 1.60. The number of fused-ring (bicyclic) bond motifs is 1. The van der Waals surface area contributed by atoms with Crippen LogP contribution >= 0.6 is 11.3 Å². The van der Waals surface area contributed by atoms with Gasteiger partial charge in [-0.2, -0.15) is 0 Å². The fraction of sp³-hybridized carbons (Fsp3) is 0.316. The van der Waals surface area contributed by atoms with Gasteiger partial charge in [-0.1, -0.05) is 6.07 Å². The third kappa shape index (κ3) is 3.77. The van der Waals surface area contributed by atoms with Crippen LogP contribution in [0.3, 0.4) is 0 Å². The fourth-order valence-electron chi connectivity index (χ4n) is 2.64. The van der Waals surface area contributed by atoms with Crippen LogP contribution in [0.4, 0.5) is 11.5 Å². The van der Waals surface area contributed by atoms with Gasteiger partial charge in [0.25, 0.3) is 0 Å². The lowest BCUT2D eigenvalue weighted by Gasteiger charge is -2.11. The average molecular weight is 371 g/mol. The Hall–Kier alpha value is -2.67. The zero-order valence-electron chi connectivity index (χ0n) is 15.3. The lowest BCUT2D eigenvalue weighted by molar-refractivity contribution is -0.142. The van der Waals surface area contributed by atoms with E-state index in [1.54, 1.807) is 25.4 Å². The predicted octanol–water partition coefficient (Wildman–Crippen LogP) is 4.17. The van der Waals surface area contributed by atoms with Gasteiger partial charge < -0.3 is 14.8 Å². The van der Waals surface area contributed by atoms with E-state index < -0.39 is 0 Å². The van der Waals surface area contributed by atoms with Crippen LogP contribution in [0.1, 0.15) is 23.2 Å². The number of benzene rings is 1. The van der Waals surface area contributed by atoms with Crippen molar-refractivity contribution in [1.82, 2.24) is 9.97 Å². The van der Waals surface area contributed by atoms with Crippen molar-refractivity contribution < 1.29 is 14.3 Å². The zero-order chi connectivity index (χ0) is 18.7. The molecule has 0 spiro atoms. The van der Waals surface area contributed by atoms with Gasteiger partial charge in [-0.05, 0) is 38.5 Å². The maximum Gasteiger partial charge on any atom is 0.313 e. The first-order chi connectivity index (χ1) is 12.5. The molecular formula is C19H21N3O3S. The number of carbonyl (C=O) groups is 1. The molecule has 3 rings (SSSR count). The summed E-state index contributed by atoms with van der Waals surface area (Å²) < 4.78 is 10.3. The molecule has 0 bridgehead atoms. The SMILES string of the molecule is CCOC(=O)Cc1nc(Nc2cccc(OC)c2)c2c(C)c(C)sc2n1. The minimum absolute atomic E-state index is 0.0482. The van der Waals surface area contributed by atoms with Crippen molar-refractivity contribution in [2.75, 3.05) is 19.0 Å². The van der Waals surface area contributed by atoms with Crippen LogP contribution < -0.4 is 10.1 Å². The highest BCUT2D eigenvalue weighted by molar-refractivity contribution is 7.18. The van der Waals surface area contributed by atoms with Gasteiger partial charge in [0.1, 0.15) is 28.6 Å². The van der Waals surface area contributed by atoms with Crippen molar-refractivity contribution >= 4 is 39.0 Å². The minimum atomic E-state index is -0.329. The zero-order valence-corrected chi connectivity index (χ0v) is 16.1. The van der Waals surface area contributed by atoms with Crippen LogP contribution in [0.2, 0.25) is 0 Å². The lowest BCUT2D eigenvalue weighted by atomic mass is 10.2. The number of anilines is 2. The van der Waals surface area contributed by atoms with Gasteiger partial charge in [0, 0.05) is 16.6 Å². The highest BCUT2D eigenvalue weighted by Gasteiger charge is 2.17. The molecule has 1 aromatic carbocycles. The largest absolute Gasteiger partial charge is 0.497 e. The van der Waals surface area contributed by atoms with Crippen molar-refractivity contribution in [3.63, 3.8) is 0 Å². The number of aromatic nitrogens is 2. The summed E-state index contributed by atoms with van der Waals surface area (Å²) in [7, 11) is 1.63. The maximum absolute atomic E-state index is 11.8. The van der Waals surface area contributed by atoms with E-state index in [-0.39, 0.29) is 12.4 Å². The van der Waals surface area contributed by atoms with E-state index in [1.807, 2.05) is 24.3 Å². The molecule has 0 saturated heterocycles. The highest BCUT2D eigenvalue weighted by atomic mass is 32.1. The molecule has 0 atom stereocenters. The Labute approximate surface area is 156 Å². The number of ether oxygens (including phenoxy) is 2. The standard InChI is InChI=1S/C19H21N3O3S/c1-5-25-16(23)10-15-21-18(17-11(2)12(3)26-19(17)22-15)20-13-7-6-8-14(9-13)24-4/h6-9H,5,10H2,1-4H3,(H,20,21,22). The Balaban J connectivity index is 2.04. The van der Waals surface area contributed by atoms with Gasteiger partial charge in [-0.15, -0.1) is 11.3 Å². The quantitative estimate of drug-likeness (QED) is 0.656. The van der Waals surface area contributed by atoms with Crippen LogP contribution in [0.5, 0.6) is 5.75 Å². The number of carbonyl (C=O) groups excluding carboxylic acids is 1. The summed E-state index contributed by atoms with van der Waals surface area (Å²) in [4.78, 5) is 23.0. The first kappa shape index (κ1) is 18.1. The molecule has 26 heavy (non-hydrogen) atoms. The molecule has 2 heterocycles. The molecule has 1 N–H and O–H groups in total. The van der Waals surface area contributed by atoms with Crippen LogP contribution in [0, 0.1) is 13.8 Å². The van der Waals surface area contributed by atoms with Gasteiger partial charge in [0.15, 0.2) is 0 Å². The molecule has 136 valence electrons. The van der Waals surface area contributed by atoms with E-state index in [1.165, 1.54) is 4.88 Å². The second-order valence-corrected chi connectivity index (χ2v) is 6.99. The predicted molar refractivity (Wildman–Crippen MR) is 104 cm³/mol. The Morgan fingerprint density at radius 3 is 2.81 bits per heavy atom. The maximum atomic E-state index is 11.8. The van der Waals surface area contributed by atoms with E-state index in [9.17, 15) is 4.79 Å². The molecule has 2 aromatic heterocycles. The van der Waals surface area contributed by atoms with Crippen LogP contribution in [-0.2, 0) is 16.0 Å². The Morgan fingerprint density at radius 2 is 2.08 bits per heavy atom. The Morgan fingerprint density at radius 1 is 1.27 bits per heavy atom. The molecule has 7 heteroatoms. The van der Waals surface area contributed by atoms with Gasteiger partial charge in [0.05, 0.1) is 19.1 Å². The normalized spacial score (nSPS) is 10.8. The van der Waals surface area contributed by atoms with Crippen molar-refractivity contribution in [1.29, 1.82) is 0 Å². The molecule has 3 aromatic rings. The Kier molecular flexibility index (Phi) is 5.37. The Bertz CT molecular complexity index is 953. The lowest BCUT2D eigenvalue weighted by Crippen LogP contribution is -2.11. The molecular weight excluding hydrogens is 350 g/mol. The van der Waals surface area contributed by atoms with Crippen molar-refractivity contribution in [2.24, 2.45) is 0 Å². The van der Waals surface area contributed by atoms with E-state index in [4.69, 9.17) is 9.47 Å². The summed E-state index contributed by atoms with van der Waals surface area (Å²) in [5, 5.41) is 4.32. The minimum Gasteiger partial charge on any atom is -0.497 e. The second-order valence-electron chi connectivity index (χ2n) is 5.79. The molecule has 0 aliphatic carbocycles. The number of methoxy groups -OCH3 is 1. The molecule has 0 aliphatic rings. The molecule has 0 fully saturated rings. The summed E-state index contributed by atoms with van der Waals surface area (Å²) in [5.74, 6) is 1.56. The van der Waals surface area contributed by atoms with E-state index in [0.29, 0.717) is 18.2 Å². The smallest absolute Gasteiger partial charge is 0.313 e. The summed E-state index contributed by atoms with van der Waals surface area (Å²) in [6.07, 6.45) is 0.0482. The van der Waals surface area contributed by atoms with E-state index in [0.717, 1.165) is 27.2 Å². The topological polar surface area (TPSA) is 73.3 Å². The summed E-state index contributed by atoms with van der Waals surface area (Å²) in [5.41, 5.74) is 1.99. The number of nitrogens with zero attached hydrogens (tertiary/aromatic N) is 2. The number of hydrogen-bond donors (Lipinski definition) is 1. The van der Waals surface area contributed by atoms with Gasteiger partial charge >= 0.3 is 5.97 Å². The molecule has 6 nitrogen and oxygen atoms in total. The van der Waals surface area contributed by atoms with Crippen molar-refractivity contribution in [3.8, 4) is 5.75 Å². The molecule has 0 amide bonds. The number of aryl methyl sites for hydroxylation is 2.